The Morgan fingerprint density at radius 1 is 1.12 bits per heavy atom. The maximum absolute atomic E-state index is 12.2. The van der Waals surface area contributed by atoms with Crippen molar-refractivity contribution in [3.8, 4) is 5.75 Å². The lowest BCUT2D eigenvalue weighted by Crippen LogP contribution is -2.60. The van der Waals surface area contributed by atoms with Gasteiger partial charge in [-0.25, -0.2) is 0 Å². The molecule has 1 aromatic carbocycles. The van der Waals surface area contributed by atoms with Gasteiger partial charge < -0.3 is 14.6 Å². The number of carbonyl (C=O) groups excluding carboxylic acids is 1. The van der Waals surface area contributed by atoms with E-state index < -0.39 is 11.4 Å². The summed E-state index contributed by atoms with van der Waals surface area (Å²) in [7, 11) is 0. The van der Waals surface area contributed by atoms with Gasteiger partial charge in [-0.1, -0.05) is 56.2 Å². The summed E-state index contributed by atoms with van der Waals surface area (Å²) in [5, 5.41) is 12.2. The number of benzene rings is 1. The van der Waals surface area contributed by atoms with Crippen LogP contribution < -0.4 is 4.74 Å². The molecular weight excluding hydrogens is 400 g/mol. The molecule has 6 rings (SSSR count). The molecule has 4 heteroatoms. The highest BCUT2D eigenvalue weighted by Crippen LogP contribution is 2.69. The van der Waals surface area contributed by atoms with E-state index in [1.54, 1.807) is 0 Å². The van der Waals surface area contributed by atoms with Crippen LogP contribution in [-0.4, -0.2) is 28.9 Å². The molecule has 1 unspecified atom stereocenters. The van der Waals surface area contributed by atoms with Crippen molar-refractivity contribution in [2.45, 2.75) is 70.7 Å². The van der Waals surface area contributed by atoms with Gasteiger partial charge in [0.05, 0.1) is 0 Å². The van der Waals surface area contributed by atoms with Gasteiger partial charge in [0.15, 0.2) is 5.78 Å². The second-order valence-corrected chi connectivity index (χ2v) is 11.4. The van der Waals surface area contributed by atoms with Crippen LogP contribution in [0.1, 0.15) is 59.3 Å². The molecule has 1 saturated heterocycles. The van der Waals surface area contributed by atoms with E-state index in [9.17, 15) is 9.90 Å². The summed E-state index contributed by atoms with van der Waals surface area (Å²) in [4.78, 5) is 12.2. The van der Waals surface area contributed by atoms with Gasteiger partial charge >= 0.3 is 0 Å². The van der Waals surface area contributed by atoms with Gasteiger partial charge in [-0.3, -0.25) is 4.79 Å². The Hall–Kier alpha value is -1.91. The largest absolute Gasteiger partial charge is 0.457 e. The number of fused-ring (bicyclic) bond motifs is 5. The number of hydrogen-bond acceptors (Lipinski definition) is 4. The number of epoxide rings is 1. The van der Waals surface area contributed by atoms with E-state index in [2.05, 4.69) is 26.8 Å². The van der Waals surface area contributed by atoms with Crippen molar-refractivity contribution in [2.24, 2.45) is 28.6 Å². The van der Waals surface area contributed by atoms with E-state index in [1.165, 1.54) is 11.1 Å². The number of ether oxygens (including phenoxy) is 2. The van der Waals surface area contributed by atoms with Gasteiger partial charge in [0.2, 0.25) is 0 Å². The number of rotatable bonds is 3. The van der Waals surface area contributed by atoms with Crippen molar-refractivity contribution in [3.05, 3.63) is 53.6 Å². The van der Waals surface area contributed by atoms with Crippen LogP contribution in [0.2, 0.25) is 0 Å². The number of ketones is 1. The monoisotopic (exact) mass is 434 g/mol. The van der Waals surface area contributed by atoms with Crippen LogP contribution in [0.25, 0.3) is 0 Å². The van der Waals surface area contributed by atoms with Crippen molar-refractivity contribution in [3.63, 3.8) is 0 Å². The minimum atomic E-state index is -1.02. The van der Waals surface area contributed by atoms with Gasteiger partial charge in [-0.15, -0.1) is 0 Å². The molecule has 1 N–H and O–H groups in total. The molecule has 0 amide bonds. The third-order valence-electron chi connectivity index (χ3n) is 9.87. The molecule has 32 heavy (non-hydrogen) atoms. The minimum Gasteiger partial charge on any atom is -0.457 e. The zero-order chi connectivity index (χ0) is 22.4. The van der Waals surface area contributed by atoms with Crippen LogP contribution >= 0.6 is 0 Å². The summed E-state index contributed by atoms with van der Waals surface area (Å²) in [5.41, 5.74) is 1.53. The molecule has 5 aliphatic rings. The molecule has 1 heterocycles. The molecule has 1 aromatic rings. The Labute approximate surface area is 190 Å². The van der Waals surface area contributed by atoms with E-state index in [-0.39, 0.29) is 16.6 Å². The maximum Gasteiger partial charge on any atom is 0.264 e. The predicted octanol–water partition coefficient (Wildman–Crippen LogP) is 5.22. The first kappa shape index (κ1) is 20.7. The van der Waals surface area contributed by atoms with Crippen molar-refractivity contribution in [2.75, 3.05) is 6.61 Å². The summed E-state index contributed by atoms with van der Waals surface area (Å²) in [6.45, 7) is 7.34. The molecule has 1 aliphatic heterocycles. The third kappa shape index (κ3) is 2.54. The Balaban J connectivity index is 1.37. The average molecular weight is 435 g/mol. The second-order valence-electron chi connectivity index (χ2n) is 11.4. The minimum absolute atomic E-state index is 0.00736. The highest BCUT2D eigenvalue weighted by Gasteiger charge is 2.75. The Kier molecular flexibility index (Phi) is 4.25. The number of carbonyl (C=O) groups is 1. The van der Waals surface area contributed by atoms with Gasteiger partial charge in [-0.05, 0) is 68.1 Å². The van der Waals surface area contributed by atoms with Crippen LogP contribution in [-0.2, 0) is 9.53 Å². The van der Waals surface area contributed by atoms with Gasteiger partial charge in [-0.2, -0.15) is 0 Å². The zero-order valence-corrected chi connectivity index (χ0v) is 19.4. The van der Waals surface area contributed by atoms with Crippen LogP contribution in [0, 0.1) is 28.6 Å². The second kappa shape index (κ2) is 6.57. The first-order valence-electron chi connectivity index (χ1n) is 12.3. The van der Waals surface area contributed by atoms with Crippen molar-refractivity contribution < 1.29 is 19.4 Å². The van der Waals surface area contributed by atoms with Crippen molar-refractivity contribution in [1.29, 1.82) is 0 Å². The maximum atomic E-state index is 12.2. The van der Waals surface area contributed by atoms with Crippen molar-refractivity contribution >= 4 is 5.78 Å². The van der Waals surface area contributed by atoms with E-state index >= 15 is 0 Å². The zero-order valence-electron chi connectivity index (χ0n) is 19.4. The van der Waals surface area contributed by atoms with Crippen LogP contribution in [0.3, 0.4) is 0 Å². The molecule has 0 aromatic heterocycles. The third-order valence-corrected chi connectivity index (χ3v) is 9.87. The van der Waals surface area contributed by atoms with E-state index in [0.717, 1.165) is 31.4 Å². The standard InChI is InChI=1S/C28H34O4/c1-18-15-21-22(25(2)12-9-19(29)16-24(18)25)10-13-26(3)23(21)11-14-27(26,30)28(17-31-28)32-20-7-5-4-6-8-20/h4-8,10,16,18,21,23,30H,9,11-15,17H2,1-3H3/t18-,21+,23-,25+,26-,27+,28?/m0/s1. The Morgan fingerprint density at radius 3 is 2.59 bits per heavy atom. The number of hydrogen-bond donors (Lipinski definition) is 1. The molecule has 170 valence electrons. The van der Waals surface area contributed by atoms with E-state index in [0.29, 0.717) is 37.2 Å². The normalized spacial score (nSPS) is 47.0. The highest BCUT2D eigenvalue weighted by atomic mass is 16.8. The molecule has 3 fully saturated rings. The smallest absolute Gasteiger partial charge is 0.264 e. The van der Waals surface area contributed by atoms with Gasteiger partial charge in [0.25, 0.3) is 5.79 Å². The molecule has 7 atom stereocenters. The first-order valence-corrected chi connectivity index (χ1v) is 12.3. The summed E-state index contributed by atoms with van der Waals surface area (Å²) in [5.74, 6) is 1.32. The SMILES string of the molecule is C[C@H]1C[C@@H]2C(=CC[C@@]3(C)[C@H]2CC[C@]3(O)C2(Oc3ccccc3)CO2)[C@@]2(C)CCC(=O)C=C12. The molecule has 2 saturated carbocycles. The molecule has 4 nitrogen and oxygen atoms in total. The van der Waals surface area contributed by atoms with Crippen LogP contribution in [0.15, 0.2) is 53.6 Å². The van der Waals surface area contributed by atoms with Gasteiger partial charge in [0, 0.05) is 17.3 Å². The Bertz CT molecular complexity index is 1020. The summed E-state index contributed by atoms with van der Waals surface area (Å²) in [6.07, 6.45) is 9.51. The Morgan fingerprint density at radius 2 is 1.88 bits per heavy atom. The number of aliphatic hydroxyl groups is 1. The summed E-state index contributed by atoms with van der Waals surface area (Å²) >= 11 is 0. The lowest BCUT2D eigenvalue weighted by atomic mass is 9.48. The van der Waals surface area contributed by atoms with Crippen LogP contribution in [0.4, 0.5) is 0 Å². The topological polar surface area (TPSA) is 59.1 Å². The summed E-state index contributed by atoms with van der Waals surface area (Å²) < 4.78 is 12.3. The first-order chi connectivity index (χ1) is 15.2. The molecule has 4 aliphatic carbocycles. The fraction of sp³-hybridized carbons (Fsp3) is 0.607. The fourth-order valence-electron chi connectivity index (χ4n) is 8.04. The average Bonchev–Trinajstić information content (AvgIpc) is 3.50. The van der Waals surface area contributed by atoms with E-state index in [4.69, 9.17) is 9.47 Å². The van der Waals surface area contributed by atoms with Crippen LogP contribution in [0.5, 0.6) is 5.75 Å². The van der Waals surface area contributed by atoms with E-state index in [1.807, 2.05) is 36.4 Å². The molecule has 0 spiro atoms. The molecular formula is C28H34O4. The van der Waals surface area contributed by atoms with Crippen molar-refractivity contribution in [1.82, 2.24) is 0 Å². The number of allylic oxidation sites excluding steroid dienone is 4. The highest BCUT2D eigenvalue weighted by molar-refractivity contribution is 5.92. The lowest BCUT2D eigenvalue weighted by molar-refractivity contribution is -0.192. The fourth-order valence-corrected chi connectivity index (χ4v) is 8.04. The molecule has 0 bridgehead atoms. The molecule has 0 radical (unpaired) electrons. The van der Waals surface area contributed by atoms with Gasteiger partial charge in [0.1, 0.15) is 18.0 Å². The predicted molar refractivity (Wildman–Crippen MR) is 122 cm³/mol. The number of para-hydroxylation sites is 1. The lowest BCUT2D eigenvalue weighted by Gasteiger charge is -2.56. The summed E-state index contributed by atoms with van der Waals surface area (Å²) in [6, 6.07) is 9.74. The quantitative estimate of drug-likeness (QED) is 0.523.